The third-order valence-electron chi connectivity index (χ3n) is 6.05. The molecule has 0 unspecified atom stereocenters. The summed E-state index contributed by atoms with van der Waals surface area (Å²) >= 11 is 0. The van der Waals surface area contributed by atoms with Gasteiger partial charge in [-0.25, -0.2) is 19.3 Å². The summed E-state index contributed by atoms with van der Waals surface area (Å²) in [7, 11) is 0. The van der Waals surface area contributed by atoms with Crippen LogP contribution in [-0.4, -0.2) is 44.4 Å². The third kappa shape index (κ3) is 4.01. The van der Waals surface area contributed by atoms with Crippen LogP contribution in [0.4, 0.5) is 17.6 Å². The first-order valence-corrected chi connectivity index (χ1v) is 10.4. The van der Waals surface area contributed by atoms with E-state index in [1.807, 2.05) is 0 Å². The van der Waals surface area contributed by atoms with Gasteiger partial charge in [-0.15, -0.1) is 0 Å². The van der Waals surface area contributed by atoms with Crippen molar-refractivity contribution in [3.8, 4) is 17.3 Å². The smallest absolute Gasteiger partial charge is 0.417 e. The highest BCUT2D eigenvalue weighted by atomic mass is 19.4. The molecule has 33 heavy (non-hydrogen) atoms. The SMILES string of the molecule is O=C(c1ccccc1-c1ncccn1)N1C[C@H]2C[C@@H](Oc3ncc(C(F)(F)F)cc3F)[C@@H]1C2. The highest BCUT2D eigenvalue weighted by molar-refractivity contribution is 6.00. The van der Waals surface area contributed by atoms with E-state index in [0.29, 0.717) is 48.6 Å². The van der Waals surface area contributed by atoms with Crippen LogP contribution in [0.5, 0.6) is 5.88 Å². The summed E-state index contributed by atoms with van der Waals surface area (Å²) in [6.07, 6.45) is -0.287. The van der Waals surface area contributed by atoms with Gasteiger partial charge in [0.1, 0.15) is 6.10 Å². The van der Waals surface area contributed by atoms with Gasteiger partial charge >= 0.3 is 6.18 Å². The molecule has 1 aromatic carbocycles. The maximum atomic E-state index is 14.3. The lowest BCUT2D eigenvalue weighted by atomic mass is 10.0. The zero-order valence-electron chi connectivity index (χ0n) is 17.2. The van der Waals surface area contributed by atoms with Crippen LogP contribution in [0.2, 0.25) is 0 Å². The van der Waals surface area contributed by atoms with E-state index in [9.17, 15) is 22.4 Å². The van der Waals surface area contributed by atoms with Crippen molar-refractivity contribution < 1.29 is 27.1 Å². The van der Waals surface area contributed by atoms with Crippen LogP contribution in [0.25, 0.3) is 11.4 Å². The Balaban J connectivity index is 1.37. The van der Waals surface area contributed by atoms with Gasteiger partial charge in [-0.3, -0.25) is 4.79 Å². The van der Waals surface area contributed by atoms with Gasteiger partial charge in [-0.1, -0.05) is 18.2 Å². The molecule has 1 saturated carbocycles. The zero-order valence-corrected chi connectivity index (χ0v) is 17.2. The number of carbonyl (C=O) groups excluding carboxylic acids is 1. The highest BCUT2D eigenvalue weighted by Crippen LogP contribution is 2.41. The predicted octanol–water partition coefficient (Wildman–Crippen LogP) is 4.38. The molecule has 3 aromatic rings. The van der Waals surface area contributed by atoms with Crippen LogP contribution in [-0.2, 0) is 6.18 Å². The van der Waals surface area contributed by atoms with Crippen molar-refractivity contribution in [1.29, 1.82) is 0 Å². The first kappa shape index (κ1) is 21.3. The van der Waals surface area contributed by atoms with Gasteiger partial charge < -0.3 is 9.64 Å². The lowest BCUT2D eigenvalue weighted by Gasteiger charge is -2.33. The number of carbonyl (C=O) groups is 1. The molecule has 1 saturated heterocycles. The molecule has 10 heteroatoms. The average molecular weight is 458 g/mol. The first-order valence-electron chi connectivity index (χ1n) is 10.4. The van der Waals surface area contributed by atoms with Crippen LogP contribution in [0.3, 0.4) is 0 Å². The second-order valence-corrected chi connectivity index (χ2v) is 8.15. The molecule has 2 aromatic heterocycles. The summed E-state index contributed by atoms with van der Waals surface area (Å²) in [6.45, 7) is 0.524. The molecule has 1 aliphatic heterocycles. The van der Waals surface area contributed by atoms with Gasteiger partial charge in [0.25, 0.3) is 11.8 Å². The summed E-state index contributed by atoms with van der Waals surface area (Å²) in [5, 5.41) is 0. The van der Waals surface area contributed by atoms with E-state index in [1.54, 1.807) is 47.6 Å². The number of likely N-dealkylation sites (tertiary alicyclic amines) is 1. The summed E-state index contributed by atoms with van der Waals surface area (Å²) < 4.78 is 58.3. The van der Waals surface area contributed by atoms with Crippen molar-refractivity contribution in [3.05, 3.63) is 71.9 Å². The molecule has 5 rings (SSSR count). The second-order valence-electron chi connectivity index (χ2n) is 8.15. The molecule has 3 atom stereocenters. The third-order valence-corrected chi connectivity index (χ3v) is 6.05. The van der Waals surface area contributed by atoms with Crippen molar-refractivity contribution in [2.24, 2.45) is 5.92 Å². The number of hydrogen-bond acceptors (Lipinski definition) is 5. The van der Waals surface area contributed by atoms with Crippen LogP contribution in [0, 0.1) is 11.7 Å². The molecule has 170 valence electrons. The van der Waals surface area contributed by atoms with E-state index in [2.05, 4.69) is 15.0 Å². The average Bonchev–Trinajstić information content (AvgIpc) is 3.40. The van der Waals surface area contributed by atoms with Gasteiger partial charge in [0.2, 0.25) is 0 Å². The fourth-order valence-corrected chi connectivity index (χ4v) is 4.59. The summed E-state index contributed by atoms with van der Waals surface area (Å²) in [6, 6.07) is 8.74. The van der Waals surface area contributed by atoms with Crippen molar-refractivity contribution in [2.75, 3.05) is 6.54 Å². The Bertz CT molecular complexity index is 1190. The lowest BCUT2D eigenvalue weighted by Crippen LogP contribution is -2.47. The molecule has 6 nitrogen and oxygen atoms in total. The maximum absolute atomic E-state index is 14.3. The van der Waals surface area contributed by atoms with Crippen molar-refractivity contribution in [3.63, 3.8) is 0 Å². The van der Waals surface area contributed by atoms with Crippen molar-refractivity contribution in [2.45, 2.75) is 31.2 Å². The topological polar surface area (TPSA) is 68.2 Å². The number of aromatic nitrogens is 3. The molecule has 0 radical (unpaired) electrons. The van der Waals surface area contributed by atoms with Gasteiger partial charge in [0.15, 0.2) is 11.6 Å². The number of halogens is 4. The number of piperidine rings is 1. The number of amides is 1. The van der Waals surface area contributed by atoms with Crippen LogP contribution < -0.4 is 4.74 Å². The summed E-state index contributed by atoms with van der Waals surface area (Å²) in [4.78, 5) is 27.1. The Kier molecular flexibility index (Phi) is 5.22. The molecular weight excluding hydrogens is 440 g/mol. The van der Waals surface area contributed by atoms with E-state index in [-0.39, 0.29) is 17.9 Å². The second kappa shape index (κ2) is 8.09. The molecule has 2 bridgehead atoms. The number of hydrogen-bond donors (Lipinski definition) is 0. The first-order chi connectivity index (χ1) is 15.8. The largest absolute Gasteiger partial charge is 0.470 e. The minimum Gasteiger partial charge on any atom is -0.470 e. The highest BCUT2D eigenvalue weighted by Gasteiger charge is 2.49. The summed E-state index contributed by atoms with van der Waals surface area (Å²) in [5.74, 6) is -1.32. The van der Waals surface area contributed by atoms with Gasteiger partial charge in [-0.05, 0) is 37.0 Å². The Morgan fingerprint density at radius 1 is 1.06 bits per heavy atom. The Morgan fingerprint density at radius 3 is 2.52 bits per heavy atom. The van der Waals surface area contributed by atoms with Crippen LogP contribution in [0.15, 0.2) is 55.0 Å². The fourth-order valence-electron chi connectivity index (χ4n) is 4.59. The van der Waals surface area contributed by atoms with Crippen molar-refractivity contribution in [1.82, 2.24) is 19.9 Å². The van der Waals surface area contributed by atoms with E-state index < -0.39 is 29.5 Å². The van der Waals surface area contributed by atoms with E-state index in [0.717, 1.165) is 0 Å². The van der Waals surface area contributed by atoms with E-state index >= 15 is 0 Å². The Morgan fingerprint density at radius 2 is 1.82 bits per heavy atom. The molecule has 1 aliphatic carbocycles. The van der Waals surface area contributed by atoms with E-state index in [4.69, 9.17) is 4.74 Å². The Hall–Kier alpha value is -3.56. The zero-order chi connectivity index (χ0) is 23.2. The fraction of sp³-hybridized carbons (Fsp3) is 0.304. The molecular formula is C23H18F4N4O2. The van der Waals surface area contributed by atoms with Gasteiger partial charge in [0.05, 0.1) is 17.2 Å². The molecule has 0 spiro atoms. The number of alkyl halides is 3. The minimum atomic E-state index is -4.70. The predicted molar refractivity (Wildman–Crippen MR) is 109 cm³/mol. The Labute approximate surface area is 186 Å². The number of fused-ring (bicyclic) bond motifs is 2. The molecule has 3 heterocycles. The standard InChI is InChI=1S/C23H18F4N4O2/c24-17-10-14(23(25,26)27)11-30-21(17)33-19-9-13-8-18(19)31(12-13)22(32)16-5-2-1-4-15(16)20-28-6-3-7-29-20/h1-7,10-11,13,18-19H,8-9,12H2/t13-,18+,19-/m1/s1. The van der Waals surface area contributed by atoms with Crippen molar-refractivity contribution >= 4 is 5.91 Å². The minimum absolute atomic E-state index is 0.154. The van der Waals surface area contributed by atoms with Gasteiger partial charge in [-0.2, -0.15) is 13.2 Å². The molecule has 1 amide bonds. The summed E-state index contributed by atoms with van der Waals surface area (Å²) in [5.41, 5.74) is -0.149. The number of pyridine rings is 1. The van der Waals surface area contributed by atoms with Crippen LogP contribution in [0.1, 0.15) is 28.8 Å². The van der Waals surface area contributed by atoms with Crippen LogP contribution >= 0.6 is 0 Å². The van der Waals surface area contributed by atoms with E-state index in [1.165, 1.54) is 0 Å². The number of ether oxygens (including phenoxy) is 1. The maximum Gasteiger partial charge on any atom is 0.417 e. The normalized spacial score (nSPS) is 21.9. The molecule has 2 fully saturated rings. The monoisotopic (exact) mass is 458 g/mol. The lowest BCUT2D eigenvalue weighted by molar-refractivity contribution is -0.138. The number of rotatable bonds is 4. The molecule has 2 aliphatic rings. The quantitative estimate of drug-likeness (QED) is 0.543. The van der Waals surface area contributed by atoms with Gasteiger partial charge in [0, 0.05) is 30.7 Å². The molecule has 0 N–H and O–H groups in total. The number of nitrogens with zero attached hydrogens (tertiary/aromatic N) is 4. The number of benzene rings is 1.